The molecule has 5 rings (SSSR count). The van der Waals surface area contributed by atoms with Gasteiger partial charge in [-0.2, -0.15) is 0 Å². The van der Waals surface area contributed by atoms with Crippen molar-refractivity contribution in [2.75, 3.05) is 19.9 Å². The first kappa shape index (κ1) is 21.5. The Morgan fingerprint density at radius 2 is 1.79 bits per heavy atom. The van der Waals surface area contributed by atoms with Gasteiger partial charge < -0.3 is 20.1 Å². The Bertz CT molecular complexity index is 1150. The lowest BCUT2D eigenvalue weighted by atomic mass is 9.98. The first-order chi connectivity index (χ1) is 16.2. The van der Waals surface area contributed by atoms with Crippen LogP contribution in [0.3, 0.4) is 0 Å². The van der Waals surface area contributed by atoms with E-state index in [1.165, 1.54) is 16.0 Å². The van der Waals surface area contributed by atoms with E-state index in [2.05, 4.69) is 45.9 Å². The summed E-state index contributed by atoms with van der Waals surface area (Å²) < 4.78 is 10.7. The molecule has 33 heavy (non-hydrogen) atoms. The molecule has 170 valence electrons. The second-order valence-corrected chi connectivity index (χ2v) is 9.08. The molecule has 3 heterocycles. The minimum absolute atomic E-state index is 0.0176. The van der Waals surface area contributed by atoms with E-state index >= 15 is 0 Å². The minimum Gasteiger partial charge on any atom is -0.454 e. The molecule has 0 saturated carbocycles. The van der Waals surface area contributed by atoms with Gasteiger partial charge in [0.05, 0.1) is 6.04 Å². The summed E-state index contributed by atoms with van der Waals surface area (Å²) in [5, 5.41) is 7.56. The number of nitrogens with zero attached hydrogens (tertiary/aromatic N) is 1. The fourth-order valence-corrected chi connectivity index (χ4v) is 5.12. The van der Waals surface area contributed by atoms with Crippen molar-refractivity contribution in [3.8, 4) is 11.5 Å². The van der Waals surface area contributed by atoms with E-state index in [0.717, 1.165) is 25.1 Å². The van der Waals surface area contributed by atoms with Gasteiger partial charge in [-0.15, -0.1) is 11.3 Å². The van der Waals surface area contributed by atoms with E-state index in [1.807, 2.05) is 23.6 Å². The summed E-state index contributed by atoms with van der Waals surface area (Å²) in [4.78, 5) is 28.5. The molecule has 0 aliphatic carbocycles. The quantitative estimate of drug-likeness (QED) is 0.550. The van der Waals surface area contributed by atoms with Crippen LogP contribution in [0, 0.1) is 0 Å². The summed E-state index contributed by atoms with van der Waals surface area (Å²) in [6.07, 6.45) is 0.974. The summed E-state index contributed by atoms with van der Waals surface area (Å²) in [5.41, 5.74) is 3.53. The number of amides is 2. The monoisotopic (exact) mass is 463 g/mol. The van der Waals surface area contributed by atoms with Crippen molar-refractivity contribution in [2.24, 2.45) is 0 Å². The predicted molar refractivity (Wildman–Crippen MR) is 125 cm³/mol. The van der Waals surface area contributed by atoms with E-state index in [1.54, 1.807) is 17.4 Å². The molecule has 1 unspecified atom stereocenters. The molecule has 0 bridgehead atoms. The van der Waals surface area contributed by atoms with E-state index < -0.39 is 11.8 Å². The maximum atomic E-state index is 12.5. The van der Waals surface area contributed by atoms with E-state index in [9.17, 15) is 9.59 Å². The van der Waals surface area contributed by atoms with Crippen LogP contribution in [0.5, 0.6) is 11.5 Å². The number of carbonyl (C=O) groups is 2. The molecule has 2 N–H and O–H groups in total. The van der Waals surface area contributed by atoms with Crippen LogP contribution >= 0.6 is 11.3 Å². The van der Waals surface area contributed by atoms with E-state index in [0.29, 0.717) is 18.0 Å². The molecule has 3 aromatic rings. The van der Waals surface area contributed by atoms with Crippen LogP contribution < -0.4 is 20.1 Å². The lowest BCUT2D eigenvalue weighted by molar-refractivity contribution is -0.139. The van der Waals surface area contributed by atoms with Crippen LogP contribution in [0.4, 0.5) is 0 Å². The first-order valence-electron chi connectivity index (χ1n) is 11.0. The molecule has 2 aliphatic rings. The highest BCUT2D eigenvalue weighted by Crippen LogP contribution is 2.32. The van der Waals surface area contributed by atoms with Crippen LogP contribution in [0.25, 0.3) is 0 Å². The van der Waals surface area contributed by atoms with Crippen LogP contribution in [0.1, 0.15) is 27.6 Å². The lowest BCUT2D eigenvalue weighted by Crippen LogP contribution is -2.44. The van der Waals surface area contributed by atoms with Crippen LogP contribution in [-0.4, -0.2) is 36.6 Å². The summed E-state index contributed by atoms with van der Waals surface area (Å²) in [7, 11) is 0. The molecule has 2 amide bonds. The fourth-order valence-electron chi connectivity index (χ4n) is 4.26. The Balaban J connectivity index is 1.18. The Hall–Kier alpha value is -3.36. The molecule has 0 fully saturated rings. The van der Waals surface area contributed by atoms with Crippen molar-refractivity contribution in [2.45, 2.75) is 25.6 Å². The largest absolute Gasteiger partial charge is 0.454 e. The van der Waals surface area contributed by atoms with Crippen LogP contribution in [0.15, 0.2) is 60.0 Å². The van der Waals surface area contributed by atoms with Gasteiger partial charge in [0.15, 0.2) is 11.5 Å². The normalized spacial score (nSPS) is 15.5. The number of hydrogen-bond acceptors (Lipinski definition) is 6. The maximum absolute atomic E-state index is 12.5. The number of rotatable bonds is 6. The molecule has 2 aliphatic heterocycles. The molecule has 7 nitrogen and oxygen atoms in total. The average molecular weight is 464 g/mol. The summed E-state index contributed by atoms with van der Waals surface area (Å²) >= 11 is 1.67. The van der Waals surface area contributed by atoms with Gasteiger partial charge in [-0.3, -0.25) is 14.5 Å². The highest BCUT2D eigenvalue weighted by molar-refractivity contribution is 7.10. The number of nitrogens with one attached hydrogen (secondary N) is 2. The van der Waals surface area contributed by atoms with Crippen molar-refractivity contribution in [3.63, 3.8) is 0 Å². The van der Waals surface area contributed by atoms with Crippen molar-refractivity contribution < 1.29 is 19.1 Å². The number of carbonyl (C=O) groups excluding carboxylic acids is 2. The second kappa shape index (κ2) is 9.64. The molecule has 0 saturated heterocycles. The van der Waals surface area contributed by atoms with Gasteiger partial charge in [0, 0.05) is 31.1 Å². The summed E-state index contributed by atoms with van der Waals surface area (Å²) in [5.74, 6) is 0.0483. The summed E-state index contributed by atoms with van der Waals surface area (Å²) in [6.45, 7) is 2.54. The third-order valence-electron chi connectivity index (χ3n) is 6.02. The third-order valence-corrected chi connectivity index (χ3v) is 7.00. The zero-order valence-electron chi connectivity index (χ0n) is 18.1. The Kier molecular flexibility index (Phi) is 6.28. The molecular formula is C25H25N3O4S. The zero-order chi connectivity index (χ0) is 22.6. The van der Waals surface area contributed by atoms with Crippen molar-refractivity contribution in [1.29, 1.82) is 0 Å². The van der Waals surface area contributed by atoms with Gasteiger partial charge >= 0.3 is 11.8 Å². The average Bonchev–Trinajstić information content (AvgIpc) is 3.54. The minimum atomic E-state index is -0.651. The Labute approximate surface area is 196 Å². The Morgan fingerprint density at radius 1 is 0.970 bits per heavy atom. The number of hydrogen-bond donors (Lipinski definition) is 2. The molecule has 1 atom stereocenters. The summed E-state index contributed by atoms with van der Waals surface area (Å²) in [6, 6.07) is 18.0. The standard InChI is InChI=1S/C25H25N3O4S/c29-24(26-13-17-7-8-21-22(12-17)32-16-31-21)25(30)27-14-20(23-6-3-11-33-23)28-10-9-18-4-1-2-5-19(18)15-28/h1-8,11-12,20H,9-10,13-16H2,(H,26,29)(H,27,30). The Morgan fingerprint density at radius 3 is 2.64 bits per heavy atom. The van der Waals surface area contributed by atoms with Crippen molar-refractivity contribution in [1.82, 2.24) is 15.5 Å². The van der Waals surface area contributed by atoms with Gasteiger partial charge in [-0.25, -0.2) is 0 Å². The number of ether oxygens (including phenoxy) is 2. The molecule has 0 radical (unpaired) electrons. The third kappa shape index (κ3) is 4.86. The van der Waals surface area contributed by atoms with Gasteiger partial charge in [0.2, 0.25) is 6.79 Å². The zero-order valence-corrected chi connectivity index (χ0v) is 18.9. The van der Waals surface area contributed by atoms with Gasteiger partial charge in [0.1, 0.15) is 0 Å². The topological polar surface area (TPSA) is 79.9 Å². The van der Waals surface area contributed by atoms with Crippen LogP contribution in [0.2, 0.25) is 0 Å². The molecule has 2 aromatic carbocycles. The van der Waals surface area contributed by atoms with E-state index in [4.69, 9.17) is 9.47 Å². The molecule has 8 heteroatoms. The van der Waals surface area contributed by atoms with Gasteiger partial charge in [-0.05, 0) is 46.7 Å². The first-order valence-corrected chi connectivity index (χ1v) is 11.8. The second-order valence-electron chi connectivity index (χ2n) is 8.10. The van der Waals surface area contributed by atoms with Crippen molar-refractivity contribution in [3.05, 3.63) is 81.5 Å². The molecular weight excluding hydrogens is 438 g/mol. The SMILES string of the molecule is O=C(NCc1ccc2c(c1)OCO2)C(=O)NCC(c1cccs1)N1CCc2ccccc2C1. The van der Waals surface area contributed by atoms with Gasteiger partial charge in [0.25, 0.3) is 0 Å². The number of thiophene rings is 1. The highest BCUT2D eigenvalue weighted by Gasteiger charge is 2.27. The maximum Gasteiger partial charge on any atom is 0.309 e. The number of benzene rings is 2. The molecule has 0 spiro atoms. The van der Waals surface area contributed by atoms with Gasteiger partial charge in [-0.1, -0.05) is 36.4 Å². The molecule has 1 aromatic heterocycles. The number of fused-ring (bicyclic) bond motifs is 2. The lowest BCUT2D eigenvalue weighted by Gasteiger charge is -2.35. The van der Waals surface area contributed by atoms with Crippen molar-refractivity contribution >= 4 is 23.2 Å². The highest BCUT2D eigenvalue weighted by atomic mass is 32.1. The predicted octanol–water partition coefficient (Wildman–Crippen LogP) is 3.01. The fraction of sp³-hybridized carbons (Fsp3) is 0.280. The smallest absolute Gasteiger partial charge is 0.309 e. The van der Waals surface area contributed by atoms with Crippen LogP contribution in [-0.2, 0) is 29.1 Å². The van der Waals surface area contributed by atoms with E-state index in [-0.39, 0.29) is 19.4 Å².